The number of aryl methyl sites for hydroxylation is 1. The minimum atomic E-state index is -0.0813. The number of fused-ring (bicyclic) bond motifs is 1. The summed E-state index contributed by atoms with van der Waals surface area (Å²) in [6.45, 7) is 7.28. The van der Waals surface area contributed by atoms with E-state index >= 15 is 0 Å². The van der Waals surface area contributed by atoms with Crippen LogP contribution in [-0.2, 0) is 6.54 Å². The normalized spacial score (nSPS) is 18.7. The van der Waals surface area contributed by atoms with E-state index in [4.69, 9.17) is 11.6 Å². The SMILES string of the molecule is CCC1(Cn2c(C(C)Cl)nc3ccc(C)nc32)CC1. The van der Waals surface area contributed by atoms with Gasteiger partial charge in [-0.15, -0.1) is 11.6 Å². The minimum absolute atomic E-state index is 0.0813. The lowest BCUT2D eigenvalue weighted by molar-refractivity contribution is 0.406. The standard InChI is InChI=1S/C15H20ClN3/c1-4-15(7-8-15)9-19-13(11(3)16)18-12-6-5-10(2)17-14(12)19/h5-6,11H,4,7-9H2,1-3H3. The molecule has 1 unspecified atom stereocenters. The van der Waals surface area contributed by atoms with Gasteiger partial charge < -0.3 is 4.57 Å². The smallest absolute Gasteiger partial charge is 0.160 e. The molecule has 3 rings (SSSR count). The Morgan fingerprint density at radius 3 is 2.68 bits per heavy atom. The topological polar surface area (TPSA) is 30.7 Å². The second-order valence-electron chi connectivity index (χ2n) is 5.82. The number of aromatic nitrogens is 3. The van der Waals surface area contributed by atoms with Crippen molar-refractivity contribution >= 4 is 22.8 Å². The fourth-order valence-corrected chi connectivity index (χ4v) is 2.88. The Balaban J connectivity index is 2.13. The molecular weight excluding hydrogens is 258 g/mol. The monoisotopic (exact) mass is 277 g/mol. The van der Waals surface area contributed by atoms with Crippen LogP contribution in [-0.4, -0.2) is 14.5 Å². The van der Waals surface area contributed by atoms with Crippen molar-refractivity contribution in [2.75, 3.05) is 0 Å². The summed E-state index contributed by atoms with van der Waals surface area (Å²) >= 11 is 6.30. The van der Waals surface area contributed by atoms with E-state index in [-0.39, 0.29) is 5.38 Å². The van der Waals surface area contributed by atoms with Gasteiger partial charge in [-0.1, -0.05) is 6.92 Å². The summed E-state index contributed by atoms with van der Waals surface area (Å²) in [5.41, 5.74) is 3.44. The van der Waals surface area contributed by atoms with Gasteiger partial charge in [0.1, 0.15) is 11.3 Å². The van der Waals surface area contributed by atoms with Crippen LogP contribution in [0.3, 0.4) is 0 Å². The predicted molar refractivity (Wildman–Crippen MR) is 78.5 cm³/mol. The molecule has 0 amide bonds. The minimum Gasteiger partial charge on any atom is -0.311 e. The molecule has 1 atom stereocenters. The molecule has 1 aliphatic carbocycles. The summed E-state index contributed by atoms with van der Waals surface area (Å²) in [6, 6.07) is 4.05. The number of rotatable bonds is 4. The molecule has 1 aliphatic rings. The molecule has 0 aliphatic heterocycles. The van der Waals surface area contributed by atoms with Crippen molar-refractivity contribution in [3.63, 3.8) is 0 Å². The van der Waals surface area contributed by atoms with Crippen LogP contribution in [0.2, 0.25) is 0 Å². The molecule has 2 aromatic rings. The lowest BCUT2D eigenvalue weighted by Gasteiger charge is -2.17. The van der Waals surface area contributed by atoms with E-state index < -0.39 is 0 Å². The maximum atomic E-state index is 6.30. The molecule has 2 heterocycles. The van der Waals surface area contributed by atoms with Gasteiger partial charge in [-0.3, -0.25) is 0 Å². The average Bonchev–Trinajstić information content (AvgIpc) is 3.07. The summed E-state index contributed by atoms with van der Waals surface area (Å²) in [7, 11) is 0. The first kappa shape index (κ1) is 12.9. The fraction of sp³-hybridized carbons (Fsp3) is 0.600. The second kappa shape index (κ2) is 4.48. The van der Waals surface area contributed by atoms with Gasteiger partial charge in [0.15, 0.2) is 5.65 Å². The highest BCUT2D eigenvalue weighted by atomic mass is 35.5. The molecule has 0 N–H and O–H groups in total. The first-order chi connectivity index (χ1) is 9.04. The quantitative estimate of drug-likeness (QED) is 0.783. The van der Waals surface area contributed by atoms with E-state index in [0.29, 0.717) is 5.41 Å². The fourth-order valence-electron chi connectivity index (χ4n) is 2.71. The van der Waals surface area contributed by atoms with E-state index in [9.17, 15) is 0 Å². The van der Waals surface area contributed by atoms with Gasteiger partial charge in [0, 0.05) is 12.2 Å². The van der Waals surface area contributed by atoms with Crippen molar-refractivity contribution in [1.29, 1.82) is 0 Å². The predicted octanol–water partition coefficient (Wildman–Crippen LogP) is 4.23. The summed E-state index contributed by atoms with van der Waals surface area (Å²) in [4.78, 5) is 9.33. The van der Waals surface area contributed by atoms with Crippen LogP contribution in [0.15, 0.2) is 12.1 Å². The van der Waals surface area contributed by atoms with Crippen LogP contribution in [0, 0.1) is 12.3 Å². The molecule has 2 aromatic heterocycles. The molecule has 0 aromatic carbocycles. The number of halogens is 1. The molecule has 0 radical (unpaired) electrons. The van der Waals surface area contributed by atoms with Crippen molar-refractivity contribution in [1.82, 2.24) is 14.5 Å². The first-order valence-electron chi connectivity index (χ1n) is 7.02. The number of pyridine rings is 1. The van der Waals surface area contributed by atoms with E-state index in [0.717, 1.165) is 29.2 Å². The van der Waals surface area contributed by atoms with E-state index in [1.54, 1.807) is 0 Å². The Hall–Kier alpha value is -1.09. The third kappa shape index (κ3) is 2.25. The van der Waals surface area contributed by atoms with Crippen LogP contribution >= 0.6 is 11.6 Å². The third-order valence-corrected chi connectivity index (χ3v) is 4.51. The van der Waals surface area contributed by atoms with Crippen LogP contribution in [0.4, 0.5) is 0 Å². The molecule has 3 nitrogen and oxygen atoms in total. The average molecular weight is 278 g/mol. The third-order valence-electron chi connectivity index (χ3n) is 4.32. The largest absolute Gasteiger partial charge is 0.311 e. The van der Waals surface area contributed by atoms with Crippen molar-refractivity contribution in [3.05, 3.63) is 23.7 Å². The Labute approximate surface area is 119 Å². The van der Waals surface area contributed by atoms with Crippen molar-refractivity contribution in [2.45, 2.75) is 52.0 Å². The van der Waals surface area contributed by atoms with Gasteiger partial charge in [0.25, 0.3) is 0 Å². The molecule has 1 saturated carbocycles. The van der Waals surface area contributed by atoms with Crippen molar-refractivity contribution < 1.29 is 0 Å². The highest BCUT2D eigenvalue weighted by molar-refractivity contribution is 6.20. The Kier molecular flexibility index (Phi) is 3.05. The zero-order valence-electron chi connectivity index (χ0n) is 11.8. The molecule has 0 saturated heterocycles. The molecule has 19 heavy (non-hydrogen) atoms. The maximum Gasteiger partial charge on any atom is 0.160 e. The number of imidazole rings is 1. The summed E-state index contributed by atoms with van der Waals surface area (Å²) in [6.07, 6.45) is 3.84. The molecule has 102 valence electrons. The number of alkyl halides is 1. The number of hydrogen-bond donors (Lipinski definition) is 0. The van der Waals surface area contributed by atoms with Gasteiger partial charge in [-0.2, -0.15) is 0 Å². The summed E-state index contributed by atoms with van der Waals surface area (Å²) < 4.78 is 2.25. The Bertz CT molecular complexity index is 611. The summed E-state index contributed by atoms with van der Waals surface area (Å²) in [5, 5.41) is -0.0813. The Morgan fingerprint density at radius 1 is 1.37 bits per heavy atom. The number of nitrogens with zero attached hydrogens (tertiary/aromatic N) is 3. The van der Waals surface area contributed by atoms with Gasteiger partial charge in [-0.25, -0.2) is 9.97 Å². The molecule has 4 heteroatoms. The number of hydrogen-bond acceptors (Lipinski definition) is 2. The molecular formula is C15H20ClN3. The van der Waals surface area contributed by atoms with Crippen LogP contribution in [0.5, 0.6) is 0 Å². The van der Waals surface area contributed by atoms with Crippen LogP contribution in [0.25, 0.3) is 11.2 Å². The van der Waals surface area contributed by atoms with Gasteiger partial charge >= 0.3 is 0 Å². The lowest BCUT2D eigenvalue weighted by Crippen LogP contribution is -2.14. The van der Waals surface area contributed by atoms with Crippen LogP contribution < -0.4 is 0 Å². The van der Waals surface area contributed by atoms with Crippen LogP contribution in [0.1, 0.15) is 50.0 Å². The highest BCUT2D eigenvalue weighted by Gasteiger charge is 2.41. The first-order valence-corrected chi connectivity index (χ1v) is 7.46. The van der Waals surface area contributed by atoms with Gasteiger partial charge in [-0.05, 0) is 50.7 Å². The van der Waals surface area contributed by atoms with Gasteiger partial charge in [0.2, 0.25) is 0 Å². The summed E-state index contributed by atoms with van der Waals surface area (Å²) in [5.74, 6) is 0.953. The molecule has 1 fully saturated rings. The van der Waals surface area contributed by atoms with E-state index in [2.05, 4.69) is 21.5 Å². The second-order valence-corrected chi connectivity index (χ2v) is 6.48. The van der Waals surface area contributed by atoms with E-state index in [1.807, 2.05) is 26.0 Å². The lowest BCUT2D eigenvalue weighted by atomic mass is 10.0. The molecule has 0 spiro atoms. The van der Waals surface area contributed by atoms with Crippen molar-refractivity contribution in [3.8, 4) is 0 Å². The molecule has 0 bridgehead atoms. The highest BCUT2D eigenvalue weighted by Crippen LogP contribution is 2.50. The zero-order valence-corrected chi connectivity index (χ0v) is 12.5. The maximum absolute atomic E-state index is 6.30. The Morgan fingerprint density at radius 2 is 2.11 bits per heavy atom. The van der Waals surface area contributed by atoms with Crippen molar-refractivity contribution in [2.24, 2.45) is 5.41 Å². The van der Waals surface area contributed by atoms with E-state index in [1.165, 1.54) is 19.3 Å². The zero-order chi connectivity index (χ0) is 13.6. The van der Waals surface area contributed by atoms with Gasteiger partial charge in [0.05, 0.1) is 5.38 Å².